The van der Waals surface area contributed by atoms with Gasteiger partial charge >= 0.3 is 18.2 Å². The maximum absolute atomic E-state index is 14.5. The van der Waals surface area contributed by atoms with Crippen LogP contribution in [-0.4, -0.2) is 52.9 Å². The smallest absolute Gasteiger partial charge is 0.416 e. The molecule has 2 aliphatic carbocycles. The number of hydrogen-bond acceptors (Lipinski definition) is 7. The van der Waals surface area contributed by atoms with Gasteiger partial charge in [-0.15, -0.1) is 0 Å². The van der Waals surface area contributed by atoms with E-state index in [-0.39, 0.29) is 69.2 Å². The number of carbonyl (C=O) groups is 4. The van der Waals surface area contributed by atoms with E-state index >= 15 is 0 Å². The monoisotopic (exact) mass is 745 g/mol. The quantitative estimate of drug-likeness (QED) is 0.184. The molecule has 2 amide bonds. The van der Waals surface area contributed by atoms with E-state index in [2.05, 4.69) is 10.6 Å². The van der Waals surface area contributed by atoms with Crippen LogP contribution in [0.25, 0.3) is 0 Å². The summed E-state index contributed by atoms with van der Waals surface area (Å²) in [4.78, 5) is 56.3. The number of allylic oxidation sites excluding steroid dienone is 1. The zero-order valence-electron chi connectivity index (χ0n) is 29.5. The fourth-order valence-corrected chi connectivity index (χ4v) is 7.88. The third kappa shape index (κ3) is 8.84. The molecule has 4 aliphatic rings. The number of alkyl halides is 3. The van der Waals surface area contributed by atoms with E-state index < -0.39 is 70.9 Å². The standard InChI is InChI=1S/C39H44F5N3O6/c1-2-52-36(50)38-20-26(38)10-6-4-3-5-7-12-33(45-29-18-27(39(42,43)44)17-28(40)19-29)34(48)23-13-14-24(35(49)46-38)16-30(15-23)53-37(51)47-21-25-9-8-11-32(41)31(25)22-47/h6,8-11,17-19,23-24,26,30,33,45H,2-5,7,12-16,20-22H2,1H3,(H,46,49)/b10-6-/t23?,24-,26+,30-,33-,38+/m0/s1. The Morgan fingerprint density at radius 2 is 1.77 bits per heavy atom. The maximum atomic E-state index is 14.5. The third-order valence-electron chi connectivity index (χ3n) is 10.8. The molecule has 6 rings (SSSR count). The topological polar surface area (TPSA) is 114 Å². The molecule has 2 bridgehead atoms. The molecule has 2 aromatic rings. The first-order valence-electron chi connectivity index (χ1n) is 18.3. The molecule has 53 heavy (non-hydrogen) atoms. The molecular formula is C39H44F5N3O6. The Balaban J connectivity index is 1.28. The molecule has 2 aromatic carbocycles. The van der Waals surface area contributed by atoms with Crippen molar-refractivity contribution in [3.05, 3.63) is 76.9 Å². The number of rotatable bonds is 5. The Hall–Kier alpha value is -4.49. The zero-order chi connectivity index (χ0) is 37.9. The molecule has 0 aromatic heterocycles. The fourth-order valence-electron chi connectivity index (χ4n) is 7.88. The van der Waals surface area contributed by atoms with Crippen LogP contribution in [0, 0.1) is 29.4 Å². The number of ketones is 1. The SMILES string of the molecule is CCOC(=O)[C@@]12C[C@H]1/C=C\CCCCC[C@H](Nc1cc(F)cc(C(F)(F)F)c1)C(=O)C1CC[C@@H](C[C@@H](OC(=O)N3Cc4cccc(F)c4C3)C1)C(=O)N2. The molecule has 14 heteroatoms. The van der Waals surface area contributed by atoms with Crippen LogP contribution in [0.1, 0.15) is 87.8 Å². The number of anilines is 1. The van der Waals surface area contributed by atoms with Crippen LogP contribution in [0.4, 0.5) is 32.4 Å². The molecule has 0 radical (unpaired) electrons. The van der Waals surface area contributed by atoms with E-state index in [9.17, 15) is 41.1 Å². The minimum atomic E-state index is -4.81. The van der Waals surface area contributed by atoms with Crippen molar-refractivity contribution in [1.29, 1.82) is 0 Å². The molecule has 1 unspecified atom stereocenters. The van der Waals surface area contributed by atoms with Crippen LogP contribution in [0.5, 0.6) is 0 Å². The van der Waals surface area contributed by atoms with Gasteiger partial charge in [-0.05, 0) is 88.1 Å². The van der Waals surface area contributed by atoms with E-state index in [0.29, 0.717) is 42.9 Å². The second-order valence-electron chi connectivity index (χ2n) is 14.6. The van der Waals surface area contributed by atoms with Crippen LogP contribution in [0.2, 0.25) is 0 Å². The van der Waals surface area contributed by atoms with Crippen molar-refractivity contribution >= 4 is 29.4 Å². The molecular weight excluding hydrogens is 701 g/mol. The normalized spacial score (nSPS) is 28.5. The van der Waals surface area contributed by atoms with Crippen LogP contribution in [0.15, 0.2) is 48.6 Å². The average Bonchev–Trinajstić information content (AvgIpc) is 3.69. The summed E-state index contributed by atoms with van der Waals surface area (Å²) in [5.41, 5.74) is -1.60. The van der Waals surface area contributed by atoms with Crippen molar-refractivity contribution in [2.24, 2.45) is 17.8 Å². The molecule has 2 aliphatic heterocycles. The Bertz CT molecular complexity index is 1750. The van der Waals surface area contributed by atoms with Gasteiger partial charge in [0.05, 0.1) is 24.8 Å². The van der Waals surface area contributed by atoms with Gasteiger partial charge in [0.15, 0.2) is 5.78 Å². The third-order valence-corrected chi connectivity index (χ3v) is 10.8. The number of carbonyl (C=O) groups excluding carboxylic acids is 4. The maximum Gasteiger partial charge on any atom is 0.416 e. The largest absolute Gasteiger partial charge is 0.464 e. The highest BCUT2D eigenvalue weighted by Gasteiger charge is 2.61. The highest BCUT2D eigenvalue weighted by atomic mass is 19.4. The lowest BCUT2D eigenvalue weighted by Crippen LogP contribution is -2.48. The van der Waals surface area contributed by atoms with Gasteiger partial charge in [-0.2, -0.15) is 13.2 Å². The number of ether oxygens (including phenoxy) is 2. The highest BCUT2D eigenvalue weighted by Crippen LogP contribution is 2.47. The van der Waals surface area contributed by atoms with Gasteiger partial charge in [0.1, 0.15) is 23.3 Å². The number of esters is 1. The average molecular weight is 746 g/mol. The second-order valence-corrected chi connectivity index (χ2v) is 14.6. The molecule has 2 fully saturated rings. The Morgan fingerprint density at radius 3 is 2.53 bits per heavy atom. The lowest BCUT2D eigenvalue weighted by atomic mass is 9.87. The Morgan fingerprint density at radius 1 is 1.00 bits per heavy atom. The summed E-state index contributed by atoms with van der Waals surface area (Å²) in [6, 6.07) is 5.65. The number of hydrogen-bond donors (Lipinski definition) is 2. The summed E-state index contributed by atoms with van der Waals surface area (Å²) in [7, 11) is 0. The van der Waals surface area contributed by atoms with Gasteiger partial charge in [-0.3, -0.25) is 14.5 Å². The summed E-state index contributed by atoms with van der Waals surface area (Å²) >= 11 is 0. The number of fused-ring (bicyclic) bond motifs is 5. The number of halogens is 5. The predicted octanol–water partition coefficient (Wildman–Crippen LogP) is 7.62. The highest BCUT2D eigenvalue weighted by molar-refractivity contribution is 5.93. The lowest BCUT2D eigenvalue weighted by molar-refractivity contribution is -0.149. The van der Waals surface area contributed by atoms with Gasteiger partial charge in [0.25, 0.3) is 0 Å². The van der Waals surface area contributed by atoms with Crippen LogP contribution in [-0.2, 0) is 43.1 Å². The van der Waals surface area contributed by atoms with Crippen LogP contribution < -0.4 is 10.6 Å². The molecule has 0 spiro atoms. The van der Waals surface area contributed by atoms with E-state index in [1.807, 2.05) is 12.2 Å². The minimum absolute atomic E-state index is 0.0175. The molecule has 9 nitrogen and oxygen atoms in total. The molecule has 286 valence electrons. The van der Waals surface area contributed by atoms with Crippen molar-refractivity contribution in [1.82, 2.24) is 10.2 Å². The summed E-state index contributed by atoms with van der Waals surface area (Å²) in [5, 5.41) is 5.82. The van der Waals surface area contributed by atoms with Crippen molar-refractivity contribution < 1.29 is 50.6 Å². The number of benzene rings is 2. The number of Topliss-reactive ketones (excluding diaryl/α,β-unsaturated/α-hetero) is 1. The molecule has 2 N–H and O–H groups in total. The van der Waals surface area contributed by atoms with E-state index in [1.165, 1.54) is 11.0 Å². The number of nitrogens with zero attached hydrogens (tertiary/aromatic N) is 1. The predicted molar refractivity (Wildman–Crippen MR) is 183 cm³/mol. The summed E-state index contributed by atoms with van der Waals surface area (Å²) in [6.07, 6.45) is 1.02. The molecule has 6 atom stereocenters. The fraction of sp³-hybridized carbons (Fsp3) is 0.538. The Kier molecular flexibility index (Phi) is 11.4. The van der Waals surface area contributed by atoms with Crippen molar-refractivity contribution in [3.8, 4) is 0 Å². The number of nitrogens with one attached hydrogen (secondary N) is 2. The first kappa shape index (κ1) is 38.2. The van der Waals surface area contributed by atoms with E-state index in [4.69, 9.17) is 9.47 Å². The molecule has 0 saturated heterocycles. The van der Waals surface area contributed by atoms with E-state index in [0.717, 1.165) is 18.6 Å². The minimum Gasteiger partial charge on any atom is -0.464 e. The molecule has 2 heterocycles. The molecule has 2 saturated carbocycles. The van der Waals surface area contributed by atoms with Gasteiger partial charge in [-0.25, -0.2) is 18.4 Å². The van der Waals surface area contributed by atoms with Gasteiger partial charge in [0, 0.05) is 35.5 Å². The summed E-state index contributed by atoms with van der Waals surface area (Å²) in [5.74, 6) is -4.71. The van der Waals surface area contributed by atoms with Gasteiger partial charge in [0.2, 0.25) is 5.91 Å². The van der Waals surface area contributed by atoms with Crippen molar-refractivity contribution in [3.63, 3.8) is 0 Å². The zero-order valence-corrected chi connectivity index (χ0v) is 29.5. The van der Waals surface area contributed by atoms with Crippen LogP contribution in [0.3, 0.4) is 0 Å². The van der Waals surface area contributed by atoms with E-state index in [1.54, 1.807) is 19.1 Å². The first-order valence-corrected chi connectivity index (χ1v) is 18.3. The Labute approximate surface area is 304 Å². The van der Waals surface area contributed by atoms with Crippen LogP contribution >= 0.6 is 0 Å². The van der Waals surface area contributed by atoms with Gasteiger partial charge < -0.3 is 20.1 Å². The lowest BCUT2D eigenvalue weighted by Gasteiger charge is -2.27. The van der Waals surface area contributed by atoms with Gasteiger partial charge in [-0.1, -0.05) is 37.1 Å². The summed E-state index contributed by atoms with van der Waals surface area (Å²) < 4.78 is 80.9. The first-order chi connectivity index (χ1) is 25.3. The van der Waals surface area contributed by atoms with Crippen molar-refractivity contribution in [2.45, 2.75) is 108 Å². The second kappa shape index (κ2) is 15.9. The van der Waals surface area contributed by atoms with Crippen molar-refractivity contribution in [2.75, 3.05) is 11.9 Å². The summed E-state index contributed by atoms with van der Waals surface area (Å²) in [6.45, 7) is 1.91. The number of amides is 2.